The van der Waals surface area contributed by atoms with Crippen LogP contribution >= 0.6 is 27.3 Å². The molecule has 0 amide bonds. The van der Waals surface area contributed by atoms with E-state index in [1.54, 1.807) is 0 Å². The zero-order chi connectivity index (χ0) is 10.7. The Kier molecular flexibility index (Phi) is 4.23. The summed E-state index contributed by atoms with van der Waals surface area (Å²) >= 11 is 5.51. The van der Waals surface area contributed by atoms with Gasteiger partial charge in [0.2, 0.25) is 0 Å². The van der Waals surface area contributed by atoms with Gasteiger partial charge in [0.15, 0.2) is 0 Å². The predicted molar refractivity (Wildman–Crippen MR) is 70.4 cm³/mol. The summed E-state index contributed by atoms with van der Waals surface area (Å²) in [6.45, 7) is 0. The Morgan fingerprint density at radius 1 is 1.40 bits per heavy atom. The lowest BCUT2D eigenvalue weighted by atomic mass is 9.83. The van der Waals surface area contributed by atoms with Gasteiger partial charge in [-0.3, -0.25) is 0 Å². The second-order valence-electron chi connectivity index (χ2n) is 4.30. The lowest BCUT2D eigenvalue weighted by Gasteiger charge is -2.29. The molecule has 1 atom stereocenters. The second kappa shape index (κ2) is 5.46. The summed E-state index contributed by atoms with van der Waals surface area (Å²) in [6, 6.07) is 2.72. The molecule has 15 heavy (non-hydrogen) atoms. The third-order valence-electron chi connectivity index (χ3n) is 3.36. The first kappa shape index (κ1) is 11.6. The Labute approximate surface area is 104 Å². The van der Waals surface area contributed by atoms with E-state index in [9.17, 15) is 0 Å². The van der Waals surface area contributed by atoms with Crippen LogP contribution in [0.1, 0.15) is 43.0 Å². The Bertz CT molecular complexity index is 304. The summed E-state index contributed by atoms with van der Waals surface area (Å²) in [5.74, 6) is 0.832. The maximum Gasteiger partial charge on any atom is 0.0452 e. The van der Waals surface area contributed by atoms with Crippen LogP contribution in [0.4, 0.5) is 0 Å². The minimum atomic E-state index is 0.555. The van der Waals surface area contributed by atoms with Crippen molar-refractivity contribution in [3.63, 3.8) is 0 Å². The van der Waals surface area contributed by atoms with Gasteiger partial charge in [0.1, 0.15) is 0 Å². The quantitative estimate of drug-likeness (QED) is 0.871. The summed E-state index contributed by atoms with van der Waals surface area (Å²) in [6.07, 6.45) is 7.02. The smallest absolute Gasteiger partial charge is 0.0452 e. The van der Waals surface area contributed by atoms with Gasteiger partial charge in [-0.15, -0.1) is 11.3 Å². The van der Waals surface area contributed by atoms with Crippen molar-refractivity contribution < 1.29 is 0 Å². The Hall–Kier alpha value is 0.140. The molecule has 0 saturated heterocycles. The third-order valence-corrected chi connectivity index (χ3v) is 5.31. The molecule has 1 heterocycles. The van der Waals surface area contributed by atoms with Crippen molar-refractivity contribution in [1.29, 1.82) is 0 Å². The van der Waals surface area contributed by atoms with Crippen LogP contribution < -0.4 is 5.32 Å². The van der Waals surface area contributed by atoms with Gasteiger partial charge in [-0.1, -0.05) is 19.3 Å². The number of rotatable bonds is 3. The number of halogens is 1. The second-order valence-corrected chi connectivity index (χ2v) is 6.10. The lowest BCUT2D eigenvalue weighted by Crippen LogP contribution is -2.26. The van der Waals surface area contributed by atoms with Crippen LogP contribution in [-0.2, 0) is 0 Å². The van der Waals surface area contributed by atoms with Gasteiger partial charge in [0, 0.05) is 15.4 Å². The third kappa shape index (κ3) is 2.63. The topological polar surface area (TPSA) is 12.0 Å². The number of hydrogen-bond acceptors (Lipinski definition) is 2. The van der Waals surface area contributed by atoms with E-state index in [1.807, 2.05) is 11.3 Å². The van der Waals surface area contributed by atoms with Crippen molar-refractivity contribution in [2.24, 2.45) is 5.92 Å². The molecule has 1 aliphatic rings. The highest BCUT2D eigenvalue weighted by Gasteiger charge is 2.25. The van der Waals surface area contributed by atoms with Crippen molar-refractivity contribution in [3.8, 4) is 0 Å². The number of thiophene rings is 1. The summed E-state index contributed by atoms with van der Waals surface area (Å²) in [5.41, 5.74) is 0. The van der Waals surface area contributed by atoms with E-state index >= 15 is 0 Å². The zero-order valence-corrected chi connectivity index (χ0v) is 11.5. The van der Waals surface area contributed by atoms with E-state index in [0.29, 0.717) is 6.04 Å². The molecule has 1 aromatic heterocycles. The van der Waals surface area contributed by atoms with Gasteiger partial charge >= 0.3 is 0 Å². The summed E-state index contributed by atoms with van der Waals surface area (Å²) in [7, 11) is 2.09. The highest BCUT2D eigenvalue weighted by Crippen LogP contribution is 2.39. The molecular weight excluding hydrogens is 270 g/mol. The van der Waals surface area contributed by atoms with Gasteiger partial charge < -0.3 is 5.32 Å². The van der Waals surface area contributed by atoms with E-state index in [-0.39, 0.29) is 0 Å². The molecule has 0 spiro atoms. The minimum absolute atomic E-state index is 0.555. The predicted octanol–water partition coefficient (Wildman–Crippen LogP) is 4.35. The number of nitrogens with one attached hydrogen (secondary N) is 1. The minimum Gasteiger partial charge on any atom is -0.312 e. The lowest BCUT2D eigenvalue weighted by molar-refractivity contribution is 0.284. The Balaban J connectivity index is 2.12. The summed E-state index contributed by atoms with van der Waals surface area (Å²) in [4.78, 5) is 1.48. The van der Waals surface area contributed by atoms with E-state index in [1.165, 1.54) is 41.5 Å². The summed E-state index contributed by atoms with van der Waals surface area (Å²) < 4.78 is 1.28. The maximum absolute atomic E-state index is 3.64. The molecule has 3 heteroatoms. The van der Waals surface area contributed by atoms with Crippen LogP contribution in [-0.4, -0.2) is 7.05 Å². The average molecular weight is 288 g/mol. The maximum atomic E-state index is 3.64. The van der Waals surface area contributed by atoms with Crippen molar-refractivity contribution in [2.45, 2.75) is 38.1 Å². The SMILES string of the molecule is CNC(c1sccc1Br)C1CCCCC1. The van der Waals surface area contributed by atoms with Gasteiger partial charge in [-0.25, -0.2) is 0 Å². The zero-order valence-electron chi connectivity index (χ0n) is 9.13. The first-order chi connectivity index (χ1) is 7.33. The molecule has 0 aromatic carbocycles. The molecule has 0 radical (unpaired) electrons. The fourth-order valence-corrected chi connectivity index (χ4v) is 4.40. The van der Waals surface area contributed by atoms with Crippen molar-refractivity contribution in [2.75, 3.05) is 7.05 Å². The van der Waals surface area contributed by atoms with Gasteiger partial charge in [0.25, 0.3) is 0 Å². The molecule has 1 unspecified atom stereocenters. The highest BCUT2D eigenvalue weighted by molar-refractivity contribution is 9.10. The molecule has 1 fully saturated rings. The molecule has 0 bridgehead atoms. The molecule has 0 aliphatic heterocycles. The Morgan fingerprint density at radius 2 is 2.13 bits per heavy atom. The van der Waals surface area contributed by atoms with Gasteiger partial charge in [0.05, 0.1) is 0 Å². The molecular formula is C12H18BrNS. The van der Waals surface area contributed by atoms with Crippen LogP contribution in [0.3, 0.4) is 0 Å². The molecule has 1 aliphatic carbocycles. The van der Waals surface area contributed by atoms with Crippen LogP contribution in [0.5, 0.6) is 0 Å². The van der Waals surface area contributed by atoms with E-state index in [2.05, 4.69) is 39.7 Å². The fourth-order valence-electron chi connectivity index (χ4n) is 2.58. The van der Waals surface area contributed by atoms with Gasteiger partial charge in [-0.05, 0) is 53.2 Å². The summed E-state index contributed by atoms with van der Waals surface area (Å²) in [5, 5.41) is 5.67. The van der Waals surface area contributed by atoms with Gasteiger partial charge in [-0.2, -0.15) is 0 Å². The first-order valence-electron chi connectivity index (χ1n) is 5.73. The van der Waals surface area contributed by atoms with Crippen LogP contribution in [0.25, 0.3) is 0 Å². The van der Waals surface area contributed by atoms with Crippen molar-refractivity contribution in [1.82, 2.24) is 5.32 Å². The molecule has 1 N–H and O–H groups in total. The largest absolute Gasteiger partial charge is 0.312 e. The monoisotopic (exact) mass is 287 g/mol. The first-order valence-corrected chi connectivity index (χ1v) is 7.40. The standard InChI is InChI=1S/C12H18BrNS/c1-14-11(9-5-3-2-4-6-9)12-10(13)7-8-15-12/h7-9,11,14H,2-6H2,1H3. The van der Waals surface area contributed by atoms with Crippen LogP contribution in [0.15, 0.2) is 15.9 Å². The van der Waals surface area contributed by atoms with Crippen LogP contribution in [0.2, 0.25) is 0 Å². The molecule has 84 valence electrons. The fraction of sp³-hybridized carbons (Fsp3) is 0.667. The van der Waals surface area contributed by atoms with Crippen LogP contribution in [0, 0.1) is 5.92 Å². The Morgan fingerprint density at radius 3 is 2.67 bits per heavy atom. The van der Waals surface area contributed by atoms with Crippen molar-refractivity contribution in [3.05, 3.63) is 20.8 Å². The van der Waals surface area contributed by atoms with E-state index in [0.717, 1.165) is 5.92 Å². The van der Waals surface area contributed by atoms with E-state index in [4.69, 9.17) is 0 Å². The molecule has 2 rings (SSSR count). The highest BCUT2D eigenvalue weighted by atomic mass is 79.9. The average Bonchev–Trinajstić information content (AvgIpc) is 2.68. The normalized spacial score (nSPS) is 20.4. The molecule has 1 aromatic rings. The van der Waals surface area contributed by atoms with E-state index < -0.39 is 0 Å². The van der Waals surface area contributed by atoms with Crippen molar-refractivity contribution >= 4 is 27.3 Å². The molecule has 1 nitrogen and oxygen atoms in total. The molecule has 1 saturated carbocycles. The number of hydrogen-bond donors (Lipinski definition) is 1.